The van der Waals surface area contributed by atoms with Crippen molar-refractivity contribution < 1.29 is 9.32 Å². The van der Waals surface area contributed by atoms with E-state index in [0.29, 0.717) is 18.7 Å². The van der Waals surface area contributed by atoms with E-state index in [-0.39, 0.29) is 11.9 Å². The van der Waals surface area contributed by atoms with Crippen molar-refractivity contribution in [1.29, 1.82) is 0 Å². The maximum absolute atomic E-state index is 12.6. The molecule has 0 spiro atoms. The van der Waals surface area contributed by atoms with E-state index in [1.54, 1.807) is 6.20 Å². The van der Waals surface area contributed by atoms with E-state index in [9.17, 15) is 4.79 Å². The standard InChI is InChI=1S/C17H25N5O2/c1-2-6-15-19-16(24-20-15)8-9-17(23)22-12-4-3-7-14(22)13-21-11-5-10-18-21/h5,10-11,14H,2-4,6-9,12-13H2,1H3/t14-/m1/s1. The molecule has 0 N–H and O–H groups in total. The van der Waals surface area contributed by atoms with Gasteiger partial charge in [0.2, 0.25) is 11.8 Å². The quantitative estimate of drug-likeness (QED) is 0.777. The van der Waals surface area contributed by atoms with Crippen LogP contribution in [0, 0.1) is 0 Å². The highest BCUT2D eigenvalue weighted by Crippen LogP contribution is 2.20. The molecular formula is C17H25N5O2. The Balaban J connectivity index is 1.55. The zero-order valence-electron chi connectivity index (χ0n) is 14.2. The number of hydrogen-bond donors (Lipinski definition) is 0. The first-order valence-corrected chi connectivity index (χ1v) is 8.84. The molecular weight excluding hydrogens is 306 g/mol. The zero-order chi connectivity index (χ0) is 16.8. The fourth-order valence-corrected chi connectivity index (χ4v) is 3.22. The van der Waals surface area contributed by atoms with Crippen LogP contribution >= 0.6 is 0 Å². The van der Waals surface area contributed by atoms with Gasteiger partial charge in [-0.15, -0.1) is 0 Å². The minimum Gasteiger partial charge on any atom is -0.339 e. The van der Waals surface area contributed by atoms with Gasteiger partial charge in [-0.2, -0.15) is 10.1 Å². The molecule has 1 atom stereocenters. The molecule has 0 aromatic carbocycles. The highest BCUT2D eigenvalue weighted by Gasteiger charge is 2.27. The Morgan fingerprint density at radius 3 is 3.08 bits per heavy atom. The van der Waals surface area contributed by atoms with Gasteiger partial charge in [0, 0.05) is 38.2 Å². The number of carbonyl (C=O) groups excluding carboxylic acids is 1. The second kappa shape index (κ2) is 8.08. The van der Waals surface area contributed by atoms with E-state index in [2.05, 4.69) is 22.2 Å². The van der Waals surface area contributed by atoms with Crippen LogP contribution in [-0.4, -0.2) is 43.3 Å². The van der Waals surface area contributed by atoms with Crippen LogP contribution in [0.25, 0.3) is 0 Å². The molecule has 0 radical (unpaired) electrons. The van der Waals surface area contributed by atoms with Gasteiger partial charge in [-0.05, 0) is 31.7 Å². The third kappa shape index (κ3) is 4.21. The van der Waals surface area contributed by atoms with E-state index >= 15 is 0 Å². The highest BCUT2D eigenvalue weighted by atomic mass is 16.5. The van der Waals surface area contributed by atoms with E-state index < -0.39 is 0 Å². The topological polar surface area (TPSA) is 77.0 Å². The Labute approximate surface area is 142 Å². The maximum atomic E-state index is 12.6. The van der Waals surface area contributed by atoms with Crippen LogP contribution in [0.4, 0.5) is 0 Å². The number of rotatable bonds is 7. The van der Waals surface area contributed by atoms with E-state index in [1.165, 1.54) is 6.42 Å². The highest BCUT2D eigenvalue weighted by molar-refractivity contribution is 5.76. The lowest BCUT2D eigenvalue weighted by molar-refractivity contribution is -0.135. The second-order valence-electron chi connectivity index (χ2n) is 6.32. The first kappa shape index (κ1) is 16.7. The van der Waals surface area contributed by atoms with Crippen molar-refractivity contribution in [2.45, 2.75) is 64.5 Å². The van der Waals surface area contributed by atoms with Gasteiger partial charge in [0.25, 0.3) is 0 Å². The second-order valence-corrected chi connectivity index (χ2v) is 6.32. The maximum Gasteiger partial charge on any atom is 0.227 e. The number of amides is 1. The lowest BCUT2D eigenvalue weighted by Gasteiger charge is -2.35. The van der Waals surface area contributed by atoms with Crippen molar-refractivity contribution in [2.24, 2.45) is 0 Å². The van der Waals surface area contributed by atoms with Gasteiger partial charge >= 0.3 is 0 Å². The molecule has 1 aliphatic heterocycles. The molecule has 7 heteroatoms. The first-order valence-electron chi connectivity index (χ1n) is 8.84. The third-order valence-electron chi connectivity index (χ3n) is 4.44. The molecule has 1 aliphatic rings. The Hall–Kier alpha value is -2.18. The molecule has 1 amide bonds. The van der Waals surface area contributed by atoms with Crippen LogP contribution in [0.15, 0.2) is 23.0 Å². The van der Waals surface area contributed by atoms with Gasteiger partial charge in [0.1, 0.15) is 0 Å². The van der Waals surface area contributed by atoms with Gasteiger partial charge in [0.15, 0.2) is 5.82 Å². The summed E-state index contributed by atoms with van der Waals surface area (Å²) in [4.78, 5) is 19.0. The molecule has 7 nitrogen and oxygen atoms in total. The van der Waals surface area contributed by atoms with Crippen LogP contribution in [0.2, 0.25) is 0 Å². The van der Waals surface area contributed by atoms with E-state index in [4.69, 9.17) is 4.52 Å². The minimum absolute atomic E-state index is 0.169. The van der Waals surface area contributed by atoms with Crippen molar-refractivity contribution in [3.63, 3.8) is 0 Å². The fourth-order valence-electron chi connectivity index (χ4n) is 3.22. The molecule has 0 saturated carbocycles. The molecule has 1 saturated heterocycles. The molecule has 24 heavy (non-hydrogen) atoms. The smallest absolute Gasteiger partial charge is 0.227 e. The Morgan fingerprint density at radius 2 is 2.29 bits per heavy atom. The van der Waals surface area contributed by atoms with Crippen LogP contribution in [0.5, 0.6) is 0 Å². The predicted molar refractivity (Wildman–Crippen MR) is 88.2 cm³/mol. The summed E-state index contributed by atoms with van der Waals surface area (Å²) in [6, 6.07) is 2.14. The van der Waals surface area contributed by atoms with Crippen LogP contribution in [0.3, 0.4) is 0 Å². The van der Waals surface area contributed by atoms with Crippen molar-refractivity contribution in [2.75, 3.05) is 6.54 Å². The molecule has 0 unspecified atom stereocenters. The van der Waals surface area contributed by atoms with Crippen molar-refractivity contribution in [3.8, 4) is 0 Å². The normalized spacial score (nSPS) is 18.0. The molecule has 130 valence electrons. The minimum atomic E-state index is 0.169. The summed E-state index contributed by atoms with van der Waals surface area (Å²) in [5.41, 5.74) is 0. The summed E-state index contributed by atoms with van der Waals surface area (Å²) in [7, 11) is 0. The van der Waals surface area contributed by atoms with Crippen LogP contribution in [0.1, 0.15) is 50.7 Å². The number of aryl methyl sites for hydroxylation is 2. The SMILES string of the molecule is CCCc1noc(CCC(=O)N2CCCC[C@@H]2Cn2cccn2)n1. The monoisotopic (exact) mass is 331 g/mol. The van der Waals surface area contributed by atoms with Gasteiger partial charge < -0.3 is 9.42 Å². The number of likely N-dealkylation sites (tertiary alicyclic amines) is 1. The molecule has 0 bridgehead atoms. The Morgan fingerprint density at radius 1 is 1.38 bits per heavy atom. The molecule has 2 aromatic heterocycles. The number of nitrogens with zero attached hydrogens (tertiary/aromatic N) is 5. The first-order chi connectivity index (χ1) is 11.8. The van der Waals surface area contributed by atoms with Crippen LogP contribution < -0.4 is 0 Å². The molecule has 3 rings (SSSR count). The number of carbonyl (C=O) groups is 1. The third-order valence-corrected chi connectivity index (χ3v) is 4.44. The van der Waals surface area contributed by atoms with Crippen LogP contribution in [-0.2, 0) is 24.2 Å². The number of hydrogen-bond acceptors (Lipinski definition) is 5. The molecule has 3 heterocycles. The predicted octanol–water partition coefficient (Wildman–Crippen LogP) is 2.23. The zero-order valence-corrected chi connectivity index (χ0v) is 14.2. The fraction of sp³-hybridized carbons (Fsp3) is 0.647. The summed E-state index contributed by atoms with van der Waals surface area (Å²) < 4.78 is 7.13. The van der Waals surface area contributed by atoms with E-state index in [0.717, 1.165) is 44.6 Å². The van der Waals surface area contributed by atoms with Gasteiger partial charge in [-0.25, -0.2) is 0 Å². The van der Waals surface area contributed by atoms with Crippen molar-refractivity contribution >= 4 is 5.91 Å². The van der Waals surface area contributed by atoms with Gasteiger partial charge in [-0.1, -0.05) is 12.1 Å². The number of aromatic nitrogens is 4. The van der Waals surface area contributed by atoms with E-state index in [1.807, 2.05) is 21.8 Å². The molecule has 0 aliphatic carbocycles. The summed E-state index contributed by atoms with van der Waals surface area (Å²) in [6.45, 7) is 3.67. The average Bonchev–Trinajstić information content (AvgIpc) is 3.25. The number of piperidine rings is 1. The summed E-state index contributed by atoms with van der Waals surface area (Å²) in [5.74, 6) is 1.46. The summed E-state index contributed by atoms with van der Waals surface area (Å²) in [5, 5.41) is 8.20. The van der Waals surface area contributed by atoms with Gasteiger partial charge in [-0.3, -0.25) is 9.48 Å². The Kier molecular flexibility index (Phi) is 5.61. The lowest BCUT2D eigenvalue weighted by atomic mass is 10.0. The Bertz CT molecular complexity index is 637. The largest absolute Gasteiger partial charge is 0.339 e. The molecule has 2 aromatic rings. The van der Waals surface area contributed by atoms with Crippen molar-refractivity contribution in [1.82, 2.24) is 24.8 Å². The summed E-state index contributed by atoms with van der Waals surface area (Å²) in [6.07, 6.45) is 9.73. The van der Waals surface area contributed by atoms with Gasteiger partial charge in [0.05, 0.1) is 12.6 Å². The lowest BCUT2D eigenvalue weighted by Crippen LogP contribution is -2.46. The average molecular weight is 331 g/mol. The summed E-state index contributed by atoms with van der Waals surface area (Å²) >= 11 is 0. The van der Waals surface area contributed by atoms with Crippen molar-refractivity contribution in [3.05, 3.63) is 30.2 Å². The molecule has 1 fully saturated rings.